The van der Waals surface area contributed by atoms with Crippen molar-refractivity contribution in [3.63, 3.8) is 0 Å². The van der Waals surface area contributed by atoms with Crippen LogP contribution in [0.5, 0.6) is 11.5 Å². The average Bonchev–Trinajstić information content (AvgIpc) is 3.18. The molecule has 1 aliphatic rings. The summed E-state index contributed by atoms with van der Waals surface area (Å²) < 4.78 is 39.5. The van der Waals surface area contributed by atoms with E-state index in [0.29, 0.717) is 22.7 Å². The van der Waals surface area contributed by atoms with Crippen molar-refractivity contribution in [3.05, 3.63) is 136 Å². The van der Waals surface area contributed by atoms with E-state index >= 15 is 0 Å². The first kappa shape index (κ1) is 21.7. The maximum absolute atomic E-state index is 14.0. The minimum absolute atomic E-state index is 0.0317. The summed E-state index contributed by atoms with van der Waals surface area (Å²) in [7, 11) is 0. The number of carbonyl (C=O) groups excluding carboxylic acids is 1. The van der Waals surface area contributed by atoms with E-state index in [9.17, 15) is 18.4 Å². The molecule has 0 saturated carbocycles. The molecule has 0 fully saturated rings. The monoisotopic (exact) mass is 481 g/mol. The van der Waals surface area contributed by atoms with Crippen LogP contribution in [-0.2, 0) is 0 Å². The molecule has 7 heteroatoms. The minimum atomic E-state index is -0.902. The first-order valence-electron chi connectivity index (χ1n) is 11.2. The topological polar surface area (TPSA) is 59.8 Å². The summed E-state index contributed by atoms with van der Waals surface area (Å²) >= 11 is 0. The Morgan fingerprint density at radius 1 is 0.750 bits per heavy atom. The van der Waals surface area contributed by atoms with Crippen LogP contribution in [0.25, 0.3) is 11.0 Å². The van der Waals surface area contributed by atoms with Crippen molar-refractivity contribution in [1.29, 1.82) is 0 Å². The molecular weight excluding hydrogens is 464 g/mol. The summed E-state index contributed by atoms with van der Waals surface area (Å²) in [6.07, 6.45) is 0. The van der Waals surface area contributed by atoms with Crippen molar-refractivity contribution in [1.82, 2.24) is 0 Å². The third-order valence-electron chi connectivity index (χ3n) is 6.09. The highest BCUT2D eigenvalue weighted by Crippen LogP contribution is 2.42. The van der Waals surface area contributed by atoms with Gasteiger partial charge in [0.1, 0.15) is 28.7 Å². The van der Waals surface area contributed by atoms with Crippen LogP contribution in [0.3, 0.4) is 0 Å². The number of amides is 1. The van der Waals surface area contributed by atoms with Crippen LogP contribution in [0.2, 0.25) is 0 Å². The van der Waals surface area contributed by atoms with Gasteiger partial charge >= 0.3 is 0 Å². The Bertz CT molecular complexity index is 1680. The van der Waals surface area contributed by atoms with Gasteiger partial charge in [-0.1, -0.05) is 30.3 Å². The molecule has 6 rings (SSSR count). The van der Waals surface area contributed by atoms with Crippen LogP contribution in [0.15, 0.2) is 106 Å². The van der Waals surface area contributed by atoms with Gasteiger partial charge < -0.3 is 9.15 Å². The SMILES string of the molecule is O=C1c2oc3ccc(F)cc3c(=O)c2C(c2cccc(Oc3ccccc3)c2)N1c1ccc(F)cc1. The van der Waals surface area contributed by atoms with E-state index in [1.165, 1.54) is 35.2 Å². The molecule has 5 aromatic rings. The van der Waals surface area contributed by atoms with Crippen LogP contribution in [0.1, 0.15) is 27.7 Å². The Labute approximate surface area is 203 Å². The van der Waals surface area contributed by atoms with Gasteiger partial charge in [0.15, 0.2) is 5.43 Å². The Hall–Kier alpha value is -4.78. The Morgan fingerprint density at radius 3 is 2.25 bits per heavy atom. The summed E-state index contributed by atoms with van der Waals surface area (Å²) in [4.78, 5) is 28.6. The first-order chi connectivity index (χ1) is 17.5. The largest absolute Gasteiger partial charge is 0.457 e. The summed E-state index contributed by atoms with van der Waals surface area (Å²) in [5.74, 6) is -0.636. The molecular formula is C29H17F2NO4. The van der Waals surface area contributed by atoms with Crippen LogP contribution < -0.4 is 15.1 Å². The third kappa shape index (κ3) is 3.62. The molecule has 0 radical (unpaired) electrons. The number of benzene rings is 4. The summed E-state index contributed by atoms with van der Waals surface area (Å²) in [5, 5.41) is 0.0317. The zero-order valence-corrected chi connectivity index (χ0v) is 18.7. The summed E-state index contributed by atoms with van der Waals surface area (Å²) in [5.41, 5.74) is 0.626. The van der Waals surface area contributed by atoms with Gasteiger partial charge in [0.05, 0.1) is 17.0 Å². The Balaban J connectivity index is 1.55. The van der Waals surface area contributed by atoms with Crippen molar-refractivity contribution in [2.24, 2.45) is 0 Å². The summed E-state index contributed by atoms with van der Waals surface area (Å²) in [6.45, 7) is 0. The lowest BCUT2D eigenvalue weighted by Crippen LogP contribution is -2.29. The second-order valence-corrected chi connectivity index (χ2v) is 8.36. The fraction of sp³-hybridized carbons (Fsp3) is 0.0345. The fourth-order valence-corrected chi connectivity index (χ4v) is 4.50. The molecule has 0 aliphatic carbocycles. The number of fused-ring (bicyclic) bond motifs is 2. The van der Waals surface area contributed by atoms with E-state index in [1.807, 2.05) is 18.2 Å². The molecule has 0 N–H and O–H groups in total. The molecule has 1 atom stereocenters. The predicted molar refractivity (Wildman–Crippen MR) is 130 cm³/mol. The molecule has 0 bridgehead atoms. The van der Waals surface area contributed by atoms with Crippen molar-refractivity contribution < 1.29 is 22.7 Å². The van der Waals surface area contributed by atoms with Crippen molar-refractivity contribution in [2.45, 2.75) is 6.04 Å². The van der Waals surface area contributed by atoms with E-state index in [4.69, 9.17) is 9.15 Å². The van der Waals surface area contributed by atoms with E-state index in [2.05, 4.69) is 0 Å². The highest BCUT2D eigenvalue weighted by atomic mass is 19.1. The van der Waals surface area contributed by atoms with Gasteiger partial charge in [-0.2, -0.15) is 0 Å². The zero-order valence-electron chi connectivity index (χ0n) is 18.7. The quantitative estimate of drug-likeness (QED) is 0.290. The molecule has 1 unspecified atom stereocenters. The standard InChI is InChI=1S/C29H17F2NO4/c30-18-9-12-20(13-10-18)32-26(17-5-4-8-22(15-17)35-21-6-2-1-3-7-21)25-27(33)23-16-19(31)11-14-24(23)36-28(25)29(32)34/h1-16,26H. The molecule has 1 aromatic heterocycles. The number of nitrogens with zero attached hydrogens (tertiary/aromatic N) is 1. The number of carbonyl (C=O) groups is 1. The van der Waals surface area contributed by atoms with Gasteiger partial charge in [0.2, 0.25) is 5.76 Å². The number of anilines is 1. The van der Waals surface area contributed by atoms with E-state index < -0.39 is 29.0 Å². The second kappa shape index (κ2) is 8.46. The van der Waals surface area contributed by atoms with Gasteiger partial charge in [-0.25, -0.2) is 8.78 Å². The zero-order chi connectivity index (χ0) is 24.8. The third-order valence-corrected chi connectivity index (χ3v) is 6.09. The Morgan fingerprint density at radius 2 is 1.47 bits per heavy atom. The number of ether oxygens (including phenoxy) is 1. The lowest BCUT2D eigenvalue weighted by molar-refractivity contribution is 0.0971. The predicted octanol–water partition coefficient (Wildman–Crippen LogP) is 6.61. The Kier molecular flexibility index (Phi) is 5.11. The van der Waals surface area contributed by atoms with E-state index in [-0.39, 0.29) is 22.3 Å². The van der Waals surface area contributed by atoms with Gasteiger partial charge in [-0.3, -0.25) is 14.5 Å². The summed E-state index contributed by atoms with van der Waals surface area (Å²) in [6, 6.07) is 24.2. The molecule has 4 aromatic carbocycles. The van der Waals surface area contributed by atoms with Crippen LogP contribution in [0, 0.1) is 11.6 Å². The highest BCUT2D eigenvalue weighted by molar-refractivity contribution is 6.10. The molecule has 1 aliphatic heterocycles. The van der Waals surface area contributed by atoms with Crippen molar-refractivity contribution in [3.8, 4) is 11.5 Å². The molecule has 176 valence electrons. The van der Waals surface area contributed by atoms with Crippen LogP contribution in [-0.4, -0.2) is 5.91 Å². The normalized spacial score (nSPS) is 14.8. The van der Waals surface area contributed by atoms with Crippen molar-refractivity contribution >= 4 is 22.6 Å². The van der Waals surface area contributed by atoms with Gasteiger partial charge in [0.25, 0.3) is 5.91 Å². The van der Waals surface area contributed by atoms with Gasteiger partial charge in [-0.05, 0) is 72.3 Å². The molecule has 2 heterocycles. The average molecular weight is 481 g/mol. The molecule has 36 heavy (non-hydrogen) atoms. The molecule has 5 nitrogen and oxygen atoms in total. The molecule has 0 spiro atoms. The lowest BCUT2D eigenvalue weighted by atomic mass is 9.98. The second-order valence-electron chi connectivity index (χ2n) is 8.36. The van der Waals surface area contributed by atoms with Crippen molar-refractivity contribution in [2.75, 3.05) is 4.90 Å². The number of rotatable bonds is 4. The minimum Gasteiger partial charge on any atom is -0.457 e. The smallest absolute Gasteiger partial charge is 0.295 e. The van der Waals surface area contributed by atoms with E-state index in [1.54, 1.807) is 36.4 Å². The lowest BCUT2D eigenvalue weighted by Gasteiger charge is -2.25. The van der Waals surface area contributed by atoms with E-state index in [0.717, 1.165) is 12.1 Å². The first-order valence-corrected chi connectivity index (χ1v) is 11.2. The number of hydrogen-bond donors (Lipinski definition) is 0. The maximum Gasteiger partial charge on any atom is 0.295 e. The van der Waals surface area contributed by atoms with Crippen LogP contribution in [0.4, 0.5) is 14.5 Å². The number of halogens is 2. The molecule has 0 saturated heterocycles. The maximum atomic E-state index is 14.0. The number of para-hydroxylation sites is 1. The van der Waals surface area contributed by atoms with Gasteiger partial charge in [0, 0.05) is 5.69 Å². The van der Waals surface area contributed by atoms with Gasteiger partial charge in [-0.15, -0.1) is 0 Å². The van der Waals surface area contributed by atoms with Crippen LogP contribution >= 0.6 is 0 Å². The number of hydrogen-bond acceptors (Lipinski definition) is 4. The fourth-order valence-electron chi connectivity index (χ4n) is 4.50. The highest BCUT2D eigenvalue weighted by Gasteiger charge is 2.43. The molecule has 1 amide bonds.